The van der Waals surface area contributed by atoms with Crippen molar-refractivity contribution in [1.82, 2.24) is 4.98 Å². The molecule has 0 spiro atoms. The van der Waals surface area contributed by atoms with E-state index in [0.29, 0.717) is 12.2 Å². The third kappa shape index (κ3) is 3.17. The summed E-state index contributed by atoms with van der Waals surface area (Å²) >= 11 is 3.50. The molecule has 100 valence electrons. The SMILES string of the molecule is COc1cccc(CNc2ncc(N)c(C)c2Br)c1. The van der Waals surface area contributed by atoms with Gasteiger partial charge in [-0.1, -0.05) is 12.1 Å². The van der Waals surface area contributed by atoms with Crippen molar-refractivity contribution in [3.05, 3.63) is 46.1 Å². The lowest BCUT2D eigenvalue weighted by Crippen LogP contribution is -2.04. The van der Waals surface area contributed by atoms with Gasteiger partial charge in [-0.05, 0) is 46.1 Å². The number of ether oxygens (including phenoxy) is 1. The lowest BCUT2D eigenvalue weighted by molar-refractivity contribution is 0.414. The fourth-order valence-electron chi connectivity index (χ4n) is 1.68. The number of aromatic nitrogens is 1. The second-order valence-electron chi connectivity index (χ2n) is 4.21. The molecule has 0 saturated carbocycles. The van der Waals surface area contributed by atoms with Crippen LogP contribution >= 0.6 is 15.9 Å². The van der Waals surface area contributed by atoms with Crippen LogP contribution in [0.25, 0.3) is 0 Å². The molecule has 0 radical (unpaired) electrons. The Balaban J connectivity index is 2.12. The van der Waals surface area contributed by atoms with Crippen molar-refractivity contribution in [2.24, 2.45) is 0 Å². The molecule has 0 aliphatic carbocycles. The summed E-state index contributed by atoms with van der Waals surface area (Å²) in [6, 6.07) is 7.91. The zero-order chi connectivity index (χ0) is 13.8. The fourth-order valence-corrected chi connectivity index (χ4v) is 2.15. The van der Waals surface area contributed by atoms with Gasteiger partial charge in [0.15, 0.2) is 0 Å². The average Bonchev–Trinajstić information content (AvgIpc) is 2.44. The number of nitrogens with two attached hydrogens (primary N) is 1. The first kappa shape index (κ1) is 13.7. The topological polar surface area (TPSA) is 60.2 Å². The van der Waals surface area contributed by atoms with E-state index in [1.807, 2.05) is 31.2 Å². The van der Waals surface area contributed by atoms with Crippen molar-refractivity contribution >= 4 is 27.4 Å². The van der Waals surface area contributed by atoms with Crippen LogP contribution in [-0.2, 0) is 6.54 Å². The van der Waals surface area contributed by atoms with Crippen LogP contribution in [0.2, 0.25) is 0 Å². The van der Waals surface area contributed by atoms with Gasteiger partial charge < -0.3 is 15.8 Å². The monoisotopic (exact) mass is 321 g/mol. The highest BCUT2D eigenvalue weighted by molar-refractivity contribution is 9.10. The third-order valence-electron chi connectivity index (χ3n) is 2.90. The van der Waals surface area contributed by atoms with Gasteiger partial charge >= 0.3 is 0 Å². The number of hydrogen-bond donors (Lipinski definition) is 2. The standard InChI is InChI=1S/C14H16BrN3O/c1-9-12(16)8-18-14(13(9)15)17-7-10-4-3-5-11(6-10)19-2/h3-6,8H,7,16H2,1-2H3,(H,17,18). The number of nitrogens with one attached hydrogen (secondary N) is 1. The van der Waals surface area contributed by atoms with E-state index in [0.717, 1.165) is 27.2 Å². The Hall–Kier alpha value is -1.75. The molecule has 2 aromatic rings. The Bertz CT molecular complexity index is 587. The van der Waals surface area contributed by atoms with Crippen LogP contribution in [0.1, 0.15) is 11.1 Å². The maximum absolute atomic E-state index is 5.80. The number of hydrogen-bond acceptors (Lipinski definition) is 4. The van der Waals surface area contributed by atoms with Gasteiger partial charge in [0.2, 0.25) is 0 Å². The van der Waals surface area contributed by atoms with Gasteiger partial charge in [0, 0.05) is 6.54 Å². The first-order chi connectivity index (χ1) is 9.11. The smallest absolute Gasteiger partial charge is 0.140 e. The lowest BCUT2D eigenvalue weighted by Gasteiger charge is -2.11. The molecule has 0 bridgehead atoms. The van der Waals surface area contributed by atoms with E-state index in [-0.39, 0.29) is 0 Å². The van der Waals surface area contributed by atoms with Crippen LogP contribution in [0, 0.1) is 6.92 Å². The van der Waals surface area contributed by atoms with Crippen molar-refractivity contribution in [2.45, 2.75) is 13.5 Å². The second kappa shape index (κ2) is 5.93. The van der Waals surface area contributed by atoms with Gasteiger partial charge in [0.1, 0.15) is 11.6 Å². The molecular formula is C14H16BrN3O. The molecule has 19 heavy (non-hydrogen) atoms. The van der Waals surface area contributed by atoms with Gasteiger partial charge in [-0.2, -0.15) is 0 Å². The van der Waals surface area contributed by atoms with E-state index in [9.17, 15) is 0 Å². The van der Waals surface area contributed by atoms with Crippen molar-refractivity contribution in [2.75, 3.05) is 18.2 Å². The number of rotatable bonds is 4. The van der Waals surface area contributed by atoms with Gasteiger partial charge in [0.25, 0.3) is 0 Å². The number of anilines is 2. The van der Waals surface area contributed by atoms with Crippen LogP contribution in [0.3, 0.4) is 0 Å². The van der Waals surface area contributed by atoms with Crippen LogP contribution in [0.4, 0.5) is 11.5 Å². The van der Waals surface area contributed by atoms with Gasteiger partial charge in [0.05, 0.1) is 23.5 Å². The number of halogens is 1. The number of pyridine rings is 1. The maximum Gasteiger partial charge on any atom is 0.140 e. The van der Waals surface area contributed by atoms with Crippen LogP contribution < -0.4 is 15.8 Å². The second-order valence-corrected chi connectivity index (χ2v) is 5.00. The fraction of sp³-hybridized carbons (Fsp3) is 0.214. The van der Waals surface area contributed by atoms with Gasteiger partial charge in [-0.3, -0.25) is 0 Å². The molecular weight excluding hydrogens is 306 g/mol. The Labute approximate surface area is 121 Å². The summed E-state index contributed by atoms with van der Waals surface area (Å²) in [5, 5.41) is 3.28. The zero-order valence-electron chi connectivity index (χ0n) is 10.9. The highest BCUT2D eigenvalue weighted by Crippen LogP contribution is 2.28. The van der Waals surface area contributed by atoms with E-state index in [2.05, 4.69) is 26.2 Å². The maximum atomic E-state index is 5.80. The molecule has 3 N–H and O–H groups in total. The average molecular weight is 322 g/mol. The van der Waals surface area contributed by atoms with Gasteiger partial charge in [-0.15, -0.1) is 0 Å². The van der Waals surface area contributed by atoms with Crippen LogP contribution in [0.5, 0.6) is 5.75 Å². The highest BCUT2D eigenvalue weighted by Gasteiger charge is 2.07. The molecule has 0 fully saturated rings. The molecule has 1 aromatic heterocycles. The first-order valence-electron chi connectivity index (χ1n) is 5.89. The molecule has 0 aliphatic rings. The van der Waals surface area contributed by atoms with Crippen molar-refractivity contribution < 1.29 is 4.74 Å². The third-order valence-corrected chi connectivity index (χ3v) is 3.87. The quantitative estimate of drug-likeness (QED) is 0.906. The minimum atomic E-state index is 0.673. The summed E-state index contributed by atoms with van der Waals surface area (Å²) in [5.74, 6) is 1.63. The molecule has 0 unspecified atom stereocenters. The summed E-state index contributed by atoms with van der Waals surface area (Å²) in [7, 11) is 1.66. The predicted molar refractivity (Wildman–Crippen MR) is 81.4 cm³/mol. The molecule has 2 rings (SSSR count). The van der Waals surface area contributed by atoms with E-state index in [1.165, 1.54) is 0 Å². The van der Waals surface area contributed by atoms with E-state index >= 15 is 0 Å². The van der Waals surface area contributed by atoms with E-state index in [1.54, 1.807) is 13.3 Å². The Kier molecular flexibility index (Phi) is 4.27. The number of nitrogens with zero attached hydrogens (tertiary/aromatic N) is 1. The number of methoxy groups -OCH3 is 1. The summed E-state index contributed by atoms with van der Waals surface area (Å²) in [6.45, 7) is 2.63. The van der Waals surface area contributed by atoms with Crippen molar-refractivity contribution in [3.63, 3.8) is 0 Å². The summed E-state index contributed by atoms with van der Waals surface area (Å²) in [6.07, 6.45) is 1.66. The minimum absolute atomic E-state index is 0.673. The van der Waals surface area contributed by atoms with E-state index in [4.69, 9.17) is 10.5 Å². The lowest BCUT2D eigenvalue weighted by atomic mass is 10.2. The van der Waals surface area contributed by atoms with Gasteiger partial charge in [-0.25, -0.2) is 4.98 Å². The molecule has 0 saturated heterocycles. The molecule has 5 heteroatoms. The van der Waals surface area contributed by atoms with Crippen LogP contribution in [-0.4, -0.2) is 12.1 Å². The Morgan fingerprint density at radius 3 is 2.95 bits per heavy atom. The van der Waals surface area contributed by atoms with Crippen LogP contribution in [0.15, 0.2) is 34.9 Å². The van der Waals surface area contributed by atoms with Crippen molar-refractivity contribution in [3.8, 4) is 5.75 Å². The summed E-state index contributed by atoms with van der Waals surface area (Å²) in [5.41, 5.74) is 8.59. The number of nitrogen functional groups attached to an aromatic ring is 1. The highest BCUT2D eigenvalue weighted by atomic mass is 79.9. The Morgan fingerprint density at radius 2 is 2.21 bits per heavy atom. The largest absolute Gasteiger partial charge is 0.497 e. The Morgan fingerprint density at radius 1 is 1.42 bits per heavy atom. The molecule has 1 aromatic carbocycles. The normalized spacial score (nSPS) is 10.3. The predicted octanol–water partition coefficient (Wildman–Crippen LogP) is 3.36. The minimum Gasteiger partial charge on any atom is -0.497 e. The van der Waals surface area contributed by atoms with Crippen molar-refractivity contribution in [1.29, 1.82) is 0 Å². The molecule has 4 nitrogen and oxygen atoms in total. The summed E-state index contributed by atoms with van der Waals surface area (Å²) < 4.78 is 6.09. The zero-order valence-corrected chi connectivity index (χ0v) is 12.5. The summed E-state index contributed by atoms with van der Waals surface area (Å²) in [4.78, 5) is 4.28. The van der Waals surface area contributed by atoms with E-state index < -0.39 is 0 Å². The molecule has 0 aliphatic heterocycles. The molecule has 0 amide bonds. The molecule has 1 heterocycles. The first-order valence-corrected chi connectivity index (χ1v) is 6.68. The number of benzene rings is 1. The molecule has 0 atom stereocenters.